The Labute approximate surface area is 72.0 Å². The number of nitrogen functional groups attached to an aromatic ring is 1. The minimum absolute atomic E-state index is 0.00174. The minimum atomic E-state index is -0.503. The zero-order valence-electron chi connectivity index (χ0n) is 5.64. The third kappa shape index (κ3) is 1.52. The lowest BCUT2D eigenvalue weighted by atomic mass is 10.2. The summed E-state index contributed by atoms with van der Waals surface area (Å²) in [6.45, 7) is -0.260. The predicted octanol–water partition coefficient (Wildman–Crippen LogP) is 1.66. The summed E-state index contributed by atoms with van der Waals surface area (Å²) < 4.78 is 13.3. The lowest BCUT2D eigenvalue weighted by molar-refractivity contribution is 0.281. The van der Waals surface area contributed by atoms with E-state index >= 15 is 0 Å². The van der Waals surface area contributed by atoms with Gasteiger partial charge in [0.25, 0.3) is 0 Å². The van der Waals surface area contributed by atoms with E-state index in [0.29, 0.717) is 10.0 Å². The van der Waals surface area contributed by atoms with E-state index in [-0.39, 0.29) is 12.3 Å². The predicted molar refractivity (Wildman–Crippen MR) is 44.4 cm³/mol. The van der Waals surface area contributed by atoms with Crippen LogP contribution in [-0.4, -0.2) is 5.11 Å². The summed E-state index contributed by atoms with van der Waals surface area (Å²) in [5, 5.41) is 8.75. The van der Waals surface area contributed by atoms with E-state index in [1.165, 1.54) is 12.1 Å². The van der Waals surface area contributed by atoms with Gasteiger partial charge in [0.05, 0.1) is 12.3 Å². The fourth-order valence-corrected chi connectivity index (χ4v) is 1.24. The fourth-order valence-electron chi connectivity index (χ4n) is 0.770. The van der Waals surface area contributed by atoms with Crippen LogP contribution in [0.5, 0.6) is 0 Å². The number of hydrogen-bond acceptors (Lipinski definition) is 2. The van der Waals surface area contributed by atoms with Gasteiger partial charge in [-0.3, -0.25) is 0 Å². The first kappa shape index (κ1) is 8.49. The van der Waals surface area contributed by atoms with Crippen molar-refractivity contribution >= 4 is 21.6 Å². The molecule has 0 aliphatic rings. The number of nitrogens with two attached hydrogens (primary N) is 1. The molecule has 11 heavy (non-hydrogen) atoms. The maximum Gasteiger partial charge on any atom is 0.146 e. The number of anilines is 1. The van der Waals surface area contributed by atoms with Crippen LogP contribution in [-0.2, 0) is 6.61 Å². The highest BCUT2D eigenvalue weighted by Crippen LogP contribution is 2.24. The molecule has 0 saturated heterocycles. The van der Waals surface area contributed by atoms with Crippen molar-refractivity contribution in [2.45, 2.75) is 6.61 Å². The van der Waals surface area contributed by atoms with Gasteiger partial charge in [-0.15, -0.1) is 0 Å². The van der Waals surface area contributed by atoms with Crippen molar-refractivity contribution in [2.24, 2.45) is 0 Å². The second kappa shape index (κ2) is 3.19. The third-order valence-corrected chi connectivity index (χ3v) is 2.15. The van der Waals surface area contributed by atoms with Crippen molar-refractivity contribution in [3.8, 4) is 0 Å². The molecule has 0 atom stereocenters. The Bertz CT molecular complexity index is 277. The molecule has 0 heterocycles. The highest BCUT2D eigenvalue weighted by Gasteiger charge is 2.06. The Morgan fingerprint density at radius 1 is 1.55 bits per heavy atom. The molecule has 0 aliphatic heterocycles. The zero-order valence-corrected chi connectivity index (χ0v) is 7.23. The maximum atomic E-state index is 12.7. The number of aliphatic hydroxyl groups is 1. The largest absolute Gasteiger partial charge is 0.396 e. The van der Waals surface area contributed by atoms with Gasteiger partial charge in [-0.25, -0.2) is 4.39 Å². The molecule has 60 valence electrons. The van der Waals surface area contributed by atoms with Gasteiger partial charge in [-0.05, 0) is 12.1 Å². The molecule has 0 radical (unpaired) electrons. The van der Waals surface area contributed by atoms with Gasteiger partial charge in [-0.1, -0.05) is 15.9 Å². The van der Waals surface area contributed by atoms with E-state index in [1.807, 2.05) is 0 Å². The van der Waals surface area contributed by atoms with Crippen molar-refractivity contribution in [1.29, 1.82) is 0 Å². The van der Waals surface area contributed by atoms with Gasteiger partial charge in [-0.2, -0.15) is 0 Å². The molecule has 0 aliphatic carbocycles. The highest BCUT2D eigenvalue weighted by atomic mass is 79.9. The number of aliphatic hydroxyl groups excluding tert-OH is 1. The van der Waals surface area contributed by atoms with E-state index in [4.69, 9.17) is 10.8 Å². The molecule has 1 aromatic rings. The fraction of sp³-hybridized carbons (Fsp3) is 0.143. The van der Waals surface area contributed by atoms with Crippen LogP contribution in [0.25, 0.3) is 0 Å². The van der Waals surface area contributed by atoms with Gasteiger partial charge in [0.2, 0.25) is 0 Å². The number of rotatable bonds is 1. The monoisotopic (exact) mass is 219 g/mol. The van der Waals surface area contributed by atoms with Gasteiger partial charge in [0, 0.05) is 10.0 Å². The van der Waals surface area contributed by atoms with Gasteiger partial charge in [0.15, 0.2) is 0 Å². The Kier molecular flexibility index (Phi) is 2.46. The van der Waals surface area contributed by atoms with Crippen molar-refractivity contribution in [3.63, 3.8) is 0 Å². The van der Waals surface area contributed by atoms with Crippen LogP contribution in [0, 0.1) is 5.82 Å². The molecule has 0 fully saturated rings. The smallest absolute Gasteiger partial charge is 0.146 e. The Balaban J connectivity index is 3.29. The summed E-state index contributed by atoms with van der Waals surface area (Å²) in [7, 11) is 0. The van der Waals surface area contributed by atoms with Crippen LogP contribution >= 0.6 is 15.9 Å². The van der Waals surface area contributed by atoms with Crippen LogP contribution in [0.4, 0.5) is 10.1 Å². The summed E-state index contributed by atoms with van der Waals surface area (Å²) in [4.78, 5) is 0. The molecule has 1 aromatic carbocycles. The molecular formula is C7H7BrFNO. The van der Waals surface area contributed by atoms with E-state index < -0.39 is 5.82 Å². The lowest BCUT2D eigenvalue weighted by Crippen LogP contribution is -1.98. The van der Waals surface area contributed by atoms with Crippen LogP contribution in [0.2, 0.25) is 0 Å². The van der Waals surface area contributed by atoms with E-state index in [2.05, 4.69) is 15.9 Å². The van der Waals surface area contributed by atoms with E-state index in [1.54, 1.807) is 0 Å². The first-order valence-electron chi connectivity index (χ1n) is 3.00. The molecule has 0 bridgehead atoms. The first-order valence-corrected chi connectivity index (χ1v) is 3.79. The van der Waals surface area contributed by atoms with Crippen molar-refractivity contribution in [2.75, 3.05) is 5.73 Å². The van der Waals surface area contributed by atoms with Crippen molar-refractivity contribution < 1.29 is 9.50 Å². The van der Waals surface area contributed by atoms with Crippen molar-refractivity contribution in [1.82, 2.24) is 0 Å². The van der Waals surface area contributed by atoms with Crippen LogP contribution in [0.15, 0.2) is 16.6 Å². The molecule has 0 amide bonds. The molecule has 4 heteroatoms. The van der Waals surface area contributed by atoms with Crippen molar-refractivity contribution in [3.05, 3.63) is 28.0 Å². The molecule has 3 N–H and O–H groups in total. The van der Waals surface area contributed by atoms with E-state index in [9.17, 15) is 4.39 Å². The Morgan fingerprint density at radius 3 is 2.64 bits per heavy atom. The summed E-state index contributed by atoms with van der Waals surface area (Å²) in [6.07, 6.45) is 0. The lowest BCUT2D eigenvalue weighted by Gasteiger charge is -2.04. The standard InChI is InChI=1S/C7H7BrFNO/c8-5-1-2-6(9)7(10)4(5)3-11/h1-2,11H,3,10H2. The molecule has 0 spiro atoms. The van der Waals surface area contributed by atoms with Crippen LogP contribution < -0.4 is 5.73 Å². The SMILES string of the molecule is Nc1c(F)ccc(Br)c1CO. The molecular weight excluding hydrogens is 213 g/mol. The zero-order chi connectivity index (χ0) is 8.43. The molecule has 2 nitrogen and oxygen atoms in total. The average molecular weight is 220 g/mol. The molecule has 0 aromatic heterocycles. The molecule has 0 unspecified atom stereocenters. The third-order valence-electron chi connectivity index (χ3n) is 1.40. The topological polar surface area (TPSA) is 46.2 Å². The second-order valence-corrected chi connectivity index (χ2v) is 2.93. The molecule has 0 saturated carbocycles. The summed E-state index contributed by atoms with van der Waals surface area (Å²) in [5.41, 5.74) is 5.72. The normalized spacial score (nSPS) is 10.1. The summed E-state index contributed by atoms with van der Waals surface area (Å²) in [6, 6.07) is 2.76. The van der Waals surface area contributed by atoms with Crippen LogP contribution in [0.3, 0.4) is 0 Å². The number of benzene rings is 1. The highest BCUT2D eigenvalue weighted by molar-refractivity contribution is 9.10. The molecule has 1 rings (SSSR count). The minimum Gasteiger partial charge on any atom is -0.396 e. The first-order chi connectivity index (χ1) is 5.16. The maximum absolute atomic E-state index is 12.7. The van der Waals surface area contributed by atoms with Gasteiger partial charge in [0.1, 0.15) is 5.82 Å². The average Bonchev–Trinajstić information content (AvgIpc) is 1.99. The summed E-state index contributed by atoms with van der Waals surface area (Å²) in [5.74, 6) is -0.503. The van der Waals surface area contributed by atoms with Crippen LogP contribution in [0.1, 0.15) is 5.56 Å². The Hall–Kier alpha value is -0.610. The second-order valence-electron chi connectivity index (χ2n) is 2.08. The quantitative estimate of drug-likeness (QED) is 0.707. The number of halogens is 2. The van der Waals surface area contributed by atoms with Gasteiger partial charge < -0.3 is 10.8 Å². The number of hydrogen-bond donors (Lipinski definition) is 2. The van der Waals surface area contributed by atoms with E-state index in [0.717, 1.165) is 0 Å². The summed E-state index contributed by atoms with van der Waals surface area (Å²) >= 11 is 3.13. The van der Waals surface area contributed by atoms with Gasteiger partial charge >= 0.3 is 0 Å². The Morgan fingerprint density at radius 2 is 2.18 bits per heavy atom.